The molecular formula is C36H46BrN3O7. The molecule has 0 aliphatic carbocycles. The molecular weight excluding hydrogens is 666 g/mol. The normalized spacial score (nSPS) is 24.3. The summed E-state index contributed by atoms with van der Waals surface area (Å²) in [5.41, 5.74) is 2.20. The Morgan fingerprint density at radius 3 is 2.51 bits per heavy atom. The lowest BCUT2D eigenvalue weighted by Gasteiger charge is -2.32. The minimum Gasteiger partial charge on any atom is -0.488 e. The Balaban J connectivity index is 2.01. The molecule has 47 heavy (non-hydrogen) atoms. The van der Waals surface area contributed by atoms with E-state index in [0.29, 0.717) is 53.6 Å². The molecule has 1 aliphatic rings. The molecule has 0 aromatic heterocycles. The molecule has 5 atom stereocenters. The van der Waals surface area contributed by atoms with Crippen molar-refractivity contribution >= 4 is 39.6 Å². The van der Waals surface area contributed by atoms with Crippen LogP contribution in [0.2, 0.25) is 0 Å². The number of aliphatic hydroxyl groups is 1. The Kier molecular flexibility index (Phi) is 14.7. The first kappa shape index (κ1) is 37.5. The highest BCUT2D eigenvalue weighted by Gasteiger charge is 2.37. The summed E-state index contributed by atoms with van der Waals surface area (Å²) in [5.74, 6) is -1.64. The molecule has 2 aromatic rings. The molecule has 0 saturated carbocycles. The third-order valence-corrected chi connectivity index (χ3v) is 8.64. The van der Waals surface area contributed by atoms with Crippen LogP contribution >= 0.6 is 15.9 Å². The maximum absolute atomic E-state index is 14.1. The second-order valence-corrected chi connectivity index (χ2v) is 12.7. The maximum Gasteiger partial charge on any atom is 0.332 e. The zero-order chi connectivity index (χ0) is 34.5. The van der Waals surface area contributed by atoms with Crippen molar-refractivity contribution in [2.75, 3.05) is 13.7 Å². The highest BCUT2D eigenvalue weighted by atomic mass is 79.9. The summed E-state index contributed by atoms with van der Waals surface area (Å²) in [6.45, 7) is 9.29. The Morgan fingerprint density at radius 1 is 1.11 bits per heavy atom. The van der Waals surface area contributed by atoms with Gasteiger partial charge in [0.2, 0.25) is 17.7 Å². The lowest BCUT2D eigenvalue weighted by molar-refractivity contribution is -0.156. The zero-order valence-corrected chi connectivity index (χ0v) is 29.1. The molecule has 0 bridgehead atoms. The highest BCUT2D eigenvalue weighted by molar-refractivity contribution is 9.10. The number of hydrogen-bond acceptors (Lipinski definition) is 7. The first-order valence-corrected chi connectivity index (χ1v) is 16.7. The number of carbonyl (C=O) groups is 4. The van der Waals surface area contributed by atoms with E-state index in [0.717, 1.165) is 5.57 Å². The van der Waals surface area contributed by atoms with E-state index in [1.807, 2.05) is 6.92 Å². The summed E-state index contributed by atoms with van der Waals surface area (Å²) >= 11 is 3.50. The van der Waals surface area contributed by atoms with Crippen molar-refractivity contribution in [1.82, 2.24) is 15.5 Å². The largest absolute Gasteiger partial charge is 0.488 e. The molecule has 2 aromatic carbocycles. The van der Waals surface area contributed by atoms with Crippen molar-refractivity contribution in [3.63, 3.8) is 0 Å². The zero-order valence-electron chi connectivity index (χ0n) is 27.5. The lowest BCUT2D eigenvalue weighted by Crippen LogP contribution is -2.57. The van der Waals surface area contributed by atoms with Gasteiger partial charge in [0.1, 0.15) is 30.5 Å². The van der Waals surface area contributed by atoms with Crippen LogP contribution < -0.4 is 15.4 Å². The number of allylic oxidation sites excluding steroid dienone is 2. The molecule has 0 radical (unpaired) electrons. The SMILES string of the molecule is C=CCOc1ccc(C[C@@H]2C(=O)NC([C@H](O)c3ccccc3)C(=O)O[C@@H](C)CC/C(C)=C/CCCC(=O)N[C@@H](C)C(=O)N2C)cc1Br. The summed E-state index contributed by atoms with van der Waals surface area (Å²) in [6.07, 6.45) is 4.56. The van der Waals surface area contributed by atoms with Gasteiger partial charge in [-0.1, -0.05) is 60.7 Å². The van der Waals surface area contributed by atoms with E-state index in [9.17, 15) is 24.3 Å². The second kappa shape index (κ2) is 18.4. The number of amides is 3. The van der Waals surface area contributed by atoms with E-state index >= 15 is 0 Å². The molecule has 3 amide bonds. The van der Waals surface area contributed by atoms with Crippen LogP contribution in [0.1, 0.15) is 70.1 Å². The maximum atomic E-state index is 14.1. The number of aliphatic hydroxyl groups excluding tert-OH is 1. The summed E-state index contributed by atoms with van der Waals surface area (Å²) in [6, 6.07) is 10.3. The van der Waals surface area contributed by atoms with E-state index < -0.39 is 48.1 Å². The number of ether oxygens (including phenoxy) is 2. The van der Waals surface area contributed by atoms with Crippen LogP contribution in [-0.2, 0) is 30.3 Å². The number of halogens is 1. The fraction of sp³-hybridized carbons (Fsp3) is 0.444. The van der Waals surface area contributed by atoms with Gasteiger partial charge in [-0.15, -0.1) is 0 Å². The minimum absolute atomic E-state index is 0.0552. The van der Waals surface area contributed by atoms with Crippen LogP contribution in [0.15, 0.2) is 77.3 Å². The molecule has 0 saturated heterocycles. The van der Waals surface area contributed by atoms with Crippen LogP contribution in [0.3, 0.4) is 0 Å². The van der Waals surface area contributed by atoms with Gasteiger partial charge in [0.15, 0.2) is 6.04 Å². The molecule has 1 unspecified atom stereocenters. The van der Waals surface area contributed by atoms with E-state index in [2.05, 4.69) is 39.2 Å². The average molecular weight is 713 g/mol. The number of benzene rings is 2. The number of rotatable bonds is 7. The fourth-order valence-corrected chi connectivity index (χ4v) is 5.77. The summed E-state index contributed by atoms with van der Waals surface area (Å²) in [5, 5.41) is 16.8. The Hall–Kier alpha value is -3.96. The van der Waals surface area contributed by atoms with E-state index in [-0.39, 0.29) is 18.7 Å². The topological polar surface area (TPSA) is 134 Å². The van der Waals surface area contributed by atoms with Crippen LogP contribution in [-0.4, -0.2) is 71.6 Å². The van der Waals surface area contributed by atoms with Crippen molar-refractivity contribution in [3.05, 3.63) is 88.4 Å². The number of esters is 1. The summed E-state index contributed by atoms with van der Waals surface area (Å²) in [4.78, 5) is 55.3. The Bertz CT molecular complexity index is 1430. The van der Waals surface area contributed by atoms with Crippen LogP contribution in [0, 0.1) is 0 Å². The van der Waals surface area contributed by atoms with E-state index in [1.54, 1.807) is 68.5 Å². The molecule has 11 heteroatoms. The van der Waals surface area contributed by atoms with Crippen LogP contribution in [0.25, 0.3) is 0 Å². The molecule has 0 fully saturated rings. The smallest absolute Gasteiger partial charge is 0.332 e. The van der Waals surface area contributed by atoms with Gasteiger partial charge in [-0.3, -0.25) is 14.4 Å². The summed E-state index contributed by atoms with van der Waals surface area (Å²) in [7, 11) is 1.48. The van der Waals surface area contributed by atoms with E-state index in [1.165, 1.54) is 11.9 Å². The summed E-state index contributed by atoms with van der Waals surface area (Å²) < 4.78 is 12.0. The predicted molar refractivity (Wildman–Crippen MR) is 183 cm³/mol. The standard InChI is InChI=1S/C36H46BrN3O7/c1-6-20-46-30-19-18-26(21-28(30)37)22-29-34(43)39-32(33(42)27-13-8-7-9-14-27)36(45)47-24(3)17-16-23(2)12-10-11-15-31(41)38-25(4)35(44)40(29)5/h6-9,12-14,18-19,21,24-25,29,32-33,42H,1,10-11,15-17,20,22H2,2-5H3,(H,38,41)(H,39,43)/b23-12+/t24-,25-,29+,32?,33+/m0/s1. The number of nitrogens with one attached hydrogen (secondary N) is 2. The molecule has 10 nitrogen and oxygen atoms in total. The molecule has 254 valence electrons. The molecule has 1 heterocycles. The third-order valence-electron chi connectivity index (χ3n) is 8.02. The fourth-order valence-electron chi connectivity index (χ4n) is 5.23. The number of cyclic esters (lactones) is 1. The van der Waals surface area contributed by atoms with Crippen molar-refractivity contribution in [1.29, 1.82) is 0 Å². The van der Waals surface area contributed by atoms with Gasteiger partial charge in [0, 0.05) is 19.9 Å². The van der Waals surface area contributed by atoms with Gasteiger partial charge in [0.05, 0.1) is 10.6 Å². The molecule has 1 aliphatic heterocycles. The van der Waals surface area contributed by atoms with Crippen LogP contribution in [0.4, 0.5) is 0 Å². The first-order valence-electron chi connectivity index (χ1n) is 15.9. The number of nitrogens with zero attached hydrogens (tertiary/aromatic N) is 1. The number of likely N-dealkylation sites (N-methyl/N-ethyl adjacent to an activating group) is 1. The van der Waals surface area contributed by atoms with Gasteiger partial charge in [-0.25, -0.2) is 4.79 Å². The lowest BCUT2D eigenvalue weighted by atomic mass is 9.99. The number of carbonyl (C=O) groups excluding carboxylic acids is 4. The van der Waals surface area contributed by atoms with E-state index in [4.69, 9.17) is 9.47 Å². The molecule has 3 rings (SSSR count). The van der Waals surface area contributed by atoms with Crippen molar-refractivity contribution in [2.45, 2.75) is 89.6 Å². The monoisotopic (exact) mass is 711 g/mol. The highest BCUT2D eigenvalue weighted by Crippen LogP contribution is 2.27. The third kappa shape index (κ3) is 11.4. The predicted octanol–water partition coefficient (Wildman–Crippen LogP) is 4.95. The minimum atomic E-state index is -1.46. The first-order chi connectivity index (χ1) is 22.4. The van der Waals surface area contributed by atoms with Gasteiger partial charge < -0.3 is 30.1 Å². The van der Waals surface area contributed by atoms with Gasteiger partial charge in [0.25, 0.3) is 0 Å². The quantitative estimate of drug-likeness (QED) is 0.273. The number of hydrogen-bond donors (Lipinski definition) is 3. The van der Waals surface area contributed by atoms with Gasteiger partial charge >= 0.3 is 5.97 Å². The van der Waals surface area contributed by atoms with Gasteiger partial charge in [-0.05, 0) is 85.6 Å². The van der Waals surface area contributed by atoms with Crippen molar-refractivity contribution < 1.29 is 33.8 Å². The van der Waals surface area contributed by atoms with Gasteiger partial charge in [-0.2, -0.15) is 0 Å². The van der Waals surface area contributed by atoms with Crippen molar-refractivity contribution in [2.24, 2.45) is 0 Å². The van der Waals surface area contributed by atoms with Crippen molar-refractivity contribution in [3.8, 4) is 5.75 Å². The molecule has 0 spiro atoms. The Morgan fingerprint density at radius 2 is 1.83 bits per heavy atom. The average Bonchev–Trinajstić information content (AvgIpc) is 3.05. The van der Waals surface area contributed by atoms with Crippen LogP contribution in [0.5, 0.6) is 5.75 Å². The molecule has 3 N–H and O–H groups in total. The Labute approximate surface area is 285 Å². The second-order valence-electron chi connectivity index (χ2n) is 11.9.